The van der Waals surface area contributed by atoms with Crippen LogP contribution < -0.4 is 10.0 Å². The number of nitrogens with one attached hydrogen (secondary N) is 2. The number of halogens is 1. The van der Waals surface area contributed by atoms with Gasteiger partial charge in [0.05, 0.1) is 6.26 Å². The number of carbonyl (C=O) groups excluding carboxylic acids is 1. The summed E-state index contributed by atoms with van der Waals surface area (Å²) in [5, 5.41) is 2.81. The van der Waals surface area contributed by atoms with Crippen molar-refractivity contribution in [3.05, 3.63) is 59.9 Å². The molecule has 2 atom stereocenters. The van der Waals surface area contributed by atoms with Crippen molar-refractivity contribution in [3.8, 4) is 0 Å². The van der Waals surface area contributed by atoms with Crippen molar-refractivity contribution in [3.63, 3.8) is 0 Å². The van der Waals surface area contributed by atoms with E-state index in [1.807, 2.05) is 0 Å². The molecule has 1 fully saturated rings. The Labute approximate surface area is 139 Å². The Morgan fingerprint density at radius 3 is 2.21 bits per heavy atom. The predicted molar refractivity (Wildman–Crippen MR) is 90.8 cm³/mol. The lowest BCUT2D eigenvalue weighted by Crippen LogP contribution is -2.14. The highest BCUT2D eigenvalue weighted by atomic mass is 32.2. The van der Waals surface area contributed by atoms with Crippen molar-refractivity contribution in [1.29, 1.82) is 0 Å². The molecule has 3 rings (SSSR count). The molecule has 1 aliphatic carbocycles. The second kappa shape index (κ2) is 6.24. The van der Waals surface area contributed by atoms with Gasteiger partial charge in [-0.25, -0.2) is 12.8 Å². The van der Waals surface area contributed by atoms with Crippen LogP contribution in [0.25, 0.3) is 0 Å². The second-order valence-electron chi connectivity index (χ2n) is 5.94. The summed E-state index contributed by atoms with van der Waals surface area (Å²) in [4.78, 5) is 12.2. The quantitative estimate of drug-likeness (QED) is 0.872. The minimum atomic E-state index is -3.32. The fourth-order valence-corrected chi connectivity index (χ4v) is 3.20. The van der Waals surface area contributed by atoms with Crippen molar-refractivity contribution in [2.45, 2.75) is 12.3 Å². The van der Waals surface area contributed by atoms with Gasteiger partial charge < -0.3 is 5.32 Å². The lowest BCUT2D eigenvalue weighted by Gasteiger charge is -2.07. The van der Waals surface area contributed by atoms with Crippen LogP contribution in [0.3, 0.4) is 0 Å². The molecule has 0 heterocycles. The van der Waals surface area contributed by atoms with Crippen molar-refractivity contribution in [1.82, 2.24) is 0 Å². The Morgan fingerprint density at radius 1 is 1.04 bits per heavy atom. The maximum Gasteiger partial charge on any atom is 0.229 e. The average Bonchev–Trinajstić information content (AvgIpc) is 3.29. The lowest BCUT2D eigenvalue weighted by molar-refractivity contribution is -0.117. The third kappa shape index (κ3) is 4.11. The van der Waals surface area contributed by atoms with Gasteiger partial charge in [-0.2, -0.15) is 0 Å². The topological polar surface area (TPSA) is 75.3 Å². The first-order valence-corrected chi connectivity index (χ1v) is 9.35. The Hall–Kier alpha value is -2.41. The maximum absolute atomic E-state index is 12.9. The van der Waals surface area contributed by atoms with Crippen LogP contribution >= 0.6 is 0 Å². The minimum Gasteiger partial charge on any atom is -0.326 e. The zero-order valence-corrected chi connectivity index (χ0v) is 13.8. The summed E-state index contributed by atoms with van der Waals surface area (Å²) in [5.41, 5.74) is 2.00. The highest BCUT2D eigenvalue weighted by Crippen LogP contribution is 2.48. The van der Waals surface area contributed by atoms with E-state index < -0.39 is 10.0 Å². The molecule has 0 saturated heterocycles. The third-order valence-corrected chi connectivity index (χ3v) is 4.49. The molecule has 5 nitrogen and oxygen atoms in total. The van der Waals surface area contributed by atoms with E-state index >= 15 is 0 Å². The molecule has 0 radical (unpaired) electrons. The van der Waals surface area contributed by atoms with E-state index in [4.69, 9.17) is 0 Å². The number of rotatable bonds is 5. The van der Waals surface area contributed by atoms with Gasteiger partial charge >= 0.3 is 0 Å². The van der Waals surface area contributed by atoms with E-state index in [0.717, 1.165) is 18.2 Å². The monoisotopic (exact) mass is 348 g/mol. The van der Waals surface area contributed by atoms with Crippen molar-refractivity contribution >= 4 is 27.3 Å². The van der Waals surface area contributed by atoms with Crippen LogP contribution in [0.2, 0.25) is 0 Å². The number of hydrogen-bond donors (Lipinski definition) is 2. The molecule has 2 aromatic rings. The van der Waals surface area contributed by atoms with Gasteiger partial charge in [0.25, 0.3) is 0 Å². The van der Waals surface area contributed by atoms with Crippen molar-refractivity contribution < 1.29 is 17.6 Å². The summed E-state index contributed by atoms with van der Waals surface area (Å²) < 4.78 is 37.6. The zero-order chi connectivity index (χ0) is 17.3. The van der Waals surface area contributed by atoms with E-state index in [9.17, 15) is 17.6 Å². The van der Waals surface area contributed by atoms with Gasteiger partial charge in [-0.3, -0.25) is 9.52 Å². The molecule has 2 N–H and O–H groups in total. The lowest BCUT2D eigenvalue weighted by atomic mass is 10.1. The second-order valence-corrected chi connectivity index (χ2v) is 7.69. The molecule has 0 aromatic heterocycles. The first-order valence-electron chi connectivity index (χ1n) is 7.46. The molecule has 0 unspecified atom stereocenters. The summed E-state index contributed by atoms with van der Waals surface area (Å²) in [6.45, 7) is 0. The van der Waals surface area contributed by atoms with Crippen LogP contribution in [0, 0.1) is 11.7 Å². The number of anilines is 2. The molecule has 0 aliphatic heterocycles. The average molecular weight is 348 g/mol. The smallest absolute Gasteiger partial charge is 0.229 e. The molecule has 2 aromatic carbocycles. The van der Waals surface area contributed by atoms with E-state index in [-0.39, 0.29) is 23.6 Å². The van der Waals surface area contributed by atoms with E-state index in [0.29, 0.717) is 11.4 Å². The Balaban J connectivity index is 1.59. The van der Waals surface area contributed by atoms with Crippen LogP contribution in [0.4, 0.5) is 15.8 Å². The number of benzene rings is 2. The van der Waals surface area contributed by atoms with Gasteiger partial charge in [0.2, 0.25) is 15.9 Å². The summed E-state index contributed by atoms with van der Waals surface area (Å²) in [6, 6.07) is 12.7. The SMILES string of the molecule is CS(=O)(=O)Nc1ccc(NC(=O)[C@@H]2C[C@H]2c2ccc(F)cc2)cc1. The Bertz CT molecular complexity index is 848. The molecule has 1 saturated carbocycles. The fraction of sp³-hybridized carbons (Fsp3) is 0.235. The van der Waals surface area contributed by atoms with Crippen LogP contribution in [-0.4, -0.2) is 20.6 Å². The molecule has 7 heteroatoms. The molecule has 1 aliphatic rings. The fourth-order valence-electron chi connectivity index (χ4n) is 2.63. The van der Waals surface area contributed by atoms with Gasteiger partial charge in [0.15, 0.2) is 0 Å². The van der Waals surface area contributed by atoms with Crippen LogP contribution in [0.15, 0.2) is 48.5 Å². The number of amides is 1. The first kappa shape index (κ1) is 16.4. The summed E-state index contributed by atoms with van der Waals surface area (Å²) >= 11 is 0. The highest BCUT2D eigenvalue weighted by Gasteiger charge is 2.43. The van der Waals surface area contributed by atoms with Gasteiger partial charge in [0, 0.05) is 17.3 Å². The van der Waals surface area contributed by atoms with Crippen LogP contribution in [-0.2, 0) is 14.8 Å². The van der Waals surface area contributed by atoms with E-state index in [1.54, 1.807) is 36.4 Å². The molecular formula is C17H17FN2O3S. The molecule has 0 bridgehead atoms. The van der Waals surface area contributed by atoms with Gasteiger partial charge in [-0.05, 0) is 54.3 Å². The molecule has 24 heavy (non-hydrogen) atoms. The van der Waals surface area contributed by atoms with Crippen molar-refractivity contribution in [2.75, 3.05) is 16.3 Å². The first-order chi connectivity index (χ1) is 11.3. The van der Waals surface area contributed by atoms with Crippen LogP contribution in [0.5, 0.6) is 0 Å². The Morgan fingerprint density at radius 2 is 1.62 bits per heavy atom. The van der Waals surface area contributed by atoms with Crippen molar-refractivity contribution in [2.24, 2.45) is 5.92 Å². The largest absolute Gasteiger partial charge is 0.326 e. The maximum atomic E-state index is 12.9. The summed E-state index contributed by atoms with van der Waals surface area (Å²) in [7, 11) is -3.32. The van der Waals surface area contributed by atoms with Gasteiger partial charge in [-0.1, -0.05) is 12.1 Å². The number of sulfonamides is 1. The molecule has 126 valence electrons. The minimum absolute atomic E-state index is 0.0897. The molecule has 1 amide bonds. The zero-order valence-electron chi connectivity index (χ0n) is 13.0. The van der Waals surface area contributed by atoms with Crippen LogP contribution in [0.1, 0.15) is 17.9 Å². The summed E-state index contributed by atoms with van der Waals surface area (Å²) in [6.07, 6.45) is 1.82. The molecule has 0 spiro atoms. The number of hydrogen-bond acceptors (Lipinski definition) is 3. The van der Waals surface area contributed by atoms with Gasteiger partial charge in [0.1, 0.15) is 5.82 Å². The Kier molecular flexibility index (Phi) is 4.28. The normalized spacial score (nSPS) is 19.6. The molecular weight excluding hydrogens is 331 g/mol. The number of carbonyl (C=O) groups is 1. The predicted octanol–water partition coefficient (Wildman–Crippen LogP) is 2.94. The van der Waals surface area contributed by atoms with E-state index in [2.05, 4.69) is 10.0 Å². The third-order valence-electron chi connectivity index (χ3n) is 3.88. The van der Waals surface area contributed by atoms with E-state index in [1.165, 1.54) is 12.1 Å². The van der Waals surface area contributed by atoms with Gasteiger partial charge in [-0.15, -0.1) is 0 Å². The standard InChI is InChI=1S/C17H17FN2O3S/c1-24(22,23)20-14-8-6-13(7-9-14)19-17(21)16-10-15(16)11-2-4-12(18)5-3-11/h2-9,15-16,20H,10H2,1H3,(H,19,21)/t15-,16+/m0/s1. The highest BCUT2D eigenvalue weighted by molar-refractivity contribution is 7.92. The summed E-state index contributed by atoms with van der Waals surface area (Å²) in [5.74, 6) is -0.377.